The Balaban J connectivity index is 2.16. The van der Waals surface area contributed by atoms with Crippen LogP contribution in [-0.2, 0) is 11.3 Å². The van der Waals surface area contributed by atoms with Crippen LogP contribution >= 0.6 is 0 Å². The van der Waals surface area contributed by atoms with Gasteiger partial charge in [-0.1, -0.05) is 18.5 Å². The maximum Gasteiger partial charge on any atom is 0.293 e. The first-order chi connectivity index (χ1) is 9.28. The molecule has 0 aliphatic carbocycles. The Bertz CT molecular complexity index is 501. The molecule has 19 heavy (non-hydrogen) atoms. The van der Waals surface area contributed by atoms with E-state index >= 15 is 0 Å². The van der Waals surface area contributed by atoms with Gasteiger partial charge in [0, 0.05) is 6.61 Å². The standard InChI is InChI=1S/C13H19N3O3/c1-3-5-10(17-4-2)12-15-13(19-16-12)11-7-6-9(8-14)18-11/h6-7,10H,3-5,8,14H2,1-2H3. The minimum absolute atomic E-state index is 0.128. The summed E-state index contributed by atoms with van der Waals surface area (Å²) in [5.41, 5.74) is 5.49. The van der Waals surface area contributed by atoms with Gasteiger partial charge in [-0.05, 0) is 25.5 Å². The topological polar surface area (TPSA) is 87.3 Å². The van der Waals surface area contributed by atoms with E-state index in [-0.39, 0.29) is 6.10 Å². The molecule has 2 N–H and O–H groups in total. The smallest absolute Gasteiger partial charge is 0.293 e. The zero-order chi connectivity index (χ0) is 13.7. The van der Waals surface area contributed by atoms with E-state index in [1.54, 1.807) is 12.1 Å². The van der Waals surface area contributed by atoms with Gasteiger partial charge in [-0.15, -0.1) is 0 Å². The molecule has 0 radical (unpaired) electrons. The molecule has 1 atom stereocenters. The van der Waals surface area contributed by atoms with Crippen LogP contribution in [0.1, 0.15) is 44.4 Å². The van der Waals surface area contributed by atoms with Crippen molar-refractivity contribution in [3.05, 3.63) is 23.7 Å². The van der Waals surface area contributed by atoms with Crippen molar-refractivity contribution in [1.82, 2.24) is 10.1 Å². The van der Waals surface area contributed by atoms with Gasteiger partial charge in [0.15, 0.2) is 5.76 Å². The first kappa shape index (κ1) is 13.8. The van der Waals surface area contributed by atoms with Crippen molar-refractivity contribution in [2.45, 2.75) is 39.3 Å². The number of hydrogen-bond donors (Lipinski definition) is 1. The maximum atomic E-state index is 5.61. The second kappa shape index (κ2) is 6.49. The highest BCUT2D eigenvalue weighted by Crippen LogP contribution is 2.25. The summed E-state index contributed by atoms with van der Waals surface area (Å²) in [7, 11) is 0. The SMILES string of the molecule is CCCC(OCC)c1noc(-c2ccc(CN)o2)n1. The predicted octanol–water partition coefficient (Wildman–Crippen LogP) is 2.67. The number of nitrogens with two attached hydrogens (primary N) is 1. The normalized spacial score (nSPS) is 12.8. The van der Waals surface area contributed by atoms with Crippen LogP contribution in [0.4, 0.5) is 0 Å². The van der Waals surface area contributed by atoms with Gasteiger partial charge in [0.05, 0.1) is 6.54 Å². The van der Waals surface area contributed by atoms with E-state index in [1.165, 1.54) is 0 Å². The molecule has 0 spiro atoms. The third-order valence-corrected chi connectivity index (χ3v) is 2.72. The third-order valence-electron chi connectivity index (χ3n) is 2.72. The van der Waals surface area contributed by atoms with E-state index in [0.29, 0.717) is 36.4 Å². The molecule has 0 aromatic carbocycles. The summed E-state index contributed by atoms with van der Waals surface area (Å²) in [4.78, 5) is 4.33. The molecule has 104 valence electrons. The molecule has 2 heterocycles. The second-order valence-electron chi connectivity index (χ2n) is 4.16. The molecule has 6 heteroatoms. The van der Waals surface area contributed by atoms with Crippen LogP contribution < -0.4 is 5.73 Å². The summed E-state index contributed by atoms with van der Waals surface area (Å²) in [5, 5.41) is 3.96. The lowest BCUT2D eigenvalue weighted by atomic mass is 10.2. The van der Waals surface area contributed by atoms with Gasteiger partial charge in [-0.3, -0.25) is 0 Å². The van der Waals surface area contributed by atoms with E-state index < -0.39 is 0 Å². The van der Waals surface area contributed by atoms with E-state index in [9.17, 15) is 0 Å². The van der Waals surface area contributed by atoms with Crippen LogP contribution in [-0.4, -0.2) is 16.7 Å². The number of nitrogens with zero attached hydrogens (tertiary/aromatic N) is 2. The van der Waals surface area contributed by atoms with Gasteiger partial charge in [-0.2, -0.15) is 4.98 Å². The van der Waals surface area contributed by atoms with E-state index in [4.69, 9.17) is 19.4 Å². The van der Waals surface area contributed by atoms with E-state index in [2.05, 4.69) is 17.1 Å². The number of hydrogen-bond acceptors (Lipinski definition) is 6. The van der Waals surface area contributed by atoms with Crippen LogP contribution in [0.15, 0.2) is 21.1 Å². The van der Waals surface area contributed by atoms with E-state index in [1.807, 2.05) is 6.92 Å². The lowest BCUT2D eigenvalue weighted by Crippen LogP contribution is -2.05. The Labute approximate surface area is 111 Å². The van der Waals surface area contributed by atoms with Gasteiger partial charge < -0.3 is 19.4 Å². The summed E-state index contributed by atoms with van der Waals surface area (Å²) in [6.07, 6.45) is 1.72. The highest BCUT2D eigenvalue weighted by atomic mass is 16.5. The molecule has 6 nitrogen and oxygen atoms in total. The average molecular weight is 265 g/mol. The fourth-order valence-corrected chi connectivity index (χ4v) is 1.82. The van der Waals surface area contributed by atoms with Crippen molar-refractivity contribution in [2.24, 2.45) is 5.73 Å². The molecule has 1 unspecified atom stereocenters. The largest absolute Gasteiger partial charge is 0.455 e. The van der Waals surface area contributed by atoms with Crippen molar-refractivity contribution in [3.8, 4) is 11.7 Å². The second-order valence-corrected chi connectivity index (χ2v) is 4.16. The molecule has 0 aliphatic heterocycles. The number of furan rings is 1. The quantitative estimate of drug-likeness (QED) is 0.828. The molecular weight excluding hydrogens is 246 g/mol. The van der Waals surface area contributed by atoms with Crippen molar-refractivity contribution in [2.75, 3.05) is 6.61 Å². The molecular formula is C13H19N3O3. The summed E-state index contributed by atoms with van der Waals surface area (Å²) >= 11 is 0. The minimum Gasteiger partial charge on any atom is -0.455 e. The molecule has 0 fully saturated rings. The fraction of sp³-hybridized carbons (Fsp3) is 0.538. The van der Waals surface area contributed by atoms with E-state index in [0.717, 1.165) is 12.8 Å². The maximum absolute atomic E-state index is 5.61. The molecule has 0 saturated carbocycles. The Morgan fingerprint density at radius 2 is 2.21 bits per heavy atom. The molecule has 0 bridgehead atoms. The zero-order valence-corrected chi connectivity index (χ0v) is 11.3. The van der Waals surface area contributed by atoms with Crippen molar-refractivity contribution in [1.29, 1.82) is 0 Å². The van der Waals surface area contributed by atoms with Crippen LogP contribution in [0.2, 0.25) is 0 Å². The number of ether oxygens (including phenoxy) is 1. The molecule has 2 aromatic heterocycles. The molecule has 0 aliphatic rings. The van der Waals surface area contributed by atoms with Crippen LogP contribution in [0.3, 0.4) is 0 Å². The van der Waals surface area contributed by atoms with Gasteiger partial charge in [-0.25, -0.2) is 0 Å². The molecule has 2 aromatic rings. The summed E-state index contributed by atoms with van der Waals surface area (Å²) in [6, 6.07) is 3.57. The predicted molar refractivity (Wildman–Crippen MR) is 69.2 cm³/mol. The summed E-state index contributed by atoms with van der Waals surface area (Å²) in [5.74, 6) is 2.13. The minimum atomic E-state index is -0.128. The Morgan fingerprint density at radius 1 is 1.37 bits per heavy atom. The number of rotatable bonds is 7. The summed E-state index contributed by atoms with van der Waals surface area (Å²) in [6.45, 7) is 5.00. The first-order valence-corrected chi connectivity index (χ1v) is 6.52. The molecule has 2 rings (SSSR count). The van der Waals surface area contributed by atoms with Crippen LogP contribution in [0, 0.1) is 0 Å². The highest BCUT2D eigenvalue weighted by molar-refractivity contribution is 5.44. The van der Waals surface area contributed by atoms with Crippen molar-refractivity contribution in [3.63, 3.8) is 0 Å². The monoisotopic (exact) mass is 265 g/mol. The first-order valence-electron chi connectivity index (χ1n) is 6.52. The fourth-order valence-electron chi connectivity index (χ4n) is 1.82. The lowest BCUT2D eigenvalue weighted by molar-refractivity contribution is 0.0478. The lowest BCUT2D eigenvalue weighted by Gasteiger charge is -2.10. The van der Waals surface area contributed by atoms with Crippen LogP contribution in [0.5, 0.6) is 0 Å². The third kappa shape index (κ3) is 3.21. The van der Waals surface area contributed by atoms with Gasteiger partial charge in [0.1, 0.15) is 11.9 Å². The Kier molecular flexibility index (Phi) is 4.70. The van der Waals surface area contributed by atoms with Crippen molar-refractivity contribution >= 4 is 0 Å². The number of aromatic nitrogens is 2. The highest BCUT2D eigenvalue weighted by Gasteiger charge is 2.20. The Hall–Kier alpha value is -1.66. The van der Waals surface area contributed by atoms with Gasteiger partial charge in [0.2, 0.25) is 5.82 Å². The molecule has 0 amide bonds. The van der Waals surface area contributed by atoms with Gasteiger partial charge >= 0.3 is 0 Å². The van der Waals surface area contributed by atoms with Crippen LogP contribution in [0.25, 0.3) is 11.7 Å². The zero-order valence-electron chi connectivity index (χ0n) is 11.3. The Morgan fingerprint density at radius 3 is 2.84 bits per heavy atom. The molecule has 0 saturated heterocycles. The summed E-state index contributed by atoms with van der Waals surface area (Å²) < 4.78 is 16.3. The van der Waals surface area contributed by atoms with Gasteiger partial charge in [0.25, 0.3) is 5.89 Å². The van der Waals surface area contributed by atoms with Crippen molar-refractivity contribution < 1.29 is 13.7 Å². The average Bonchev–Trinajstić information content (AvgIpc) is 3.07.